The zero-order valence-electron chi connectivity index (χ0n) is 8.97. The first-order chi connectivity index (χ1) is 8.34. The van der Waals surface area contributed by atoms with Gasteiger partial charge in [0.2, 0.25) is 0 Å². The Kier molecular flexibility index (Phi) is 2.76. The maximum Gasteiger partial charge on any atom is 0.160 e. The summed E-state index contributed by atoms with van der Waals surface area (Å²) >= 11 is 2.26. The summed E-state index contributed by atoms with van der Waals surface area (Å²) in [5, 5.41) is 1.10. The molecule has 17 heavy (non-hydrogen) atoms. The molecule has 0 N–H and O–H groups in total. The monoisotopic (exact) mass is 332 g/mol. The number of hydrogen-bond donors (Lipinski definition) is 0. The average molecular weight is 332 g/mol. The normalized spacial score (nSPS) is 10.6. The fourth-order valence-electron chi connectivity index (χ4n) is 1.75. The molecular weight excluding hydrogens is 323 g/mol. The summed E-state index contributed by atoms with van der Waals surface area (Å²) in [5.74, 6) is 0.786. The van der Waals surface area contributed by atoms with Crippen LogP contribution in [-0.2, 0) is 0 Å². The van der Waals surface area contributed by atoms with Gasteiger partial charge in [0.25, 0.3) is 0 Å². The number of fused-ring (bicyclic) bond motifs is 1. The highest BCUT2D eigenvalue weighted by Gasteiger charge is 2.06. The molecule has 2 aromatic carbocycles. The van der Waals surface area contributed by atoms with Crippen molar-refractivity contribution in [3.05, 3.63) is 58.3 Å². The van der Waals surface area contributed by atoms with Gasteiger partial charge in [0.1, 0.15) is 3.70 Å². The van der Waals surface area contributed by atoms with E-state index in [1.165, 1.54) is 0 Å². The molecule has 0 atom stereocenters. The van der Waals surface area contributed by atoms with E-state index < -0.39 is 0 Å². The van der Waals surface area contributed by atoms with E-state index in [9.17, 15) is 0 Å². The first-order valence-corrected chi connectivity index (χ1v) is 6.40. The lowest BCUT2D eigenvalue weighted by Gasteiger charge is -2.04. The molecule has 3 aromatic rings. The Morgan fingerprint density at radius 1 is 0.765 bits per heavy atom. The molecule has 0 aliphatic carbocycles. The van der Waals surface area contributed by atoms with Gasteiger partial charge in [0.15, 0.2) is 5.82 Å². The highest BCUT2D eigenvalue weighted by Crippen LogP contribution is 2.22. The molecule has 1 heterocycles. The van der Waals surface area contributed by atoms with Crippen LogP contribution in [0, 0.1) is 3.70 Å². The second-order valence-corrected chi connectivity index (χ2v) is 4.74. The third-order valence-electron chi connectivity index (χ3n) is 2.59. The average Bonchev–Trinajstić information content (AvgIpc) is 2.40. The van der Waals surface area contributed by atoms with Crippen LogP contribution < -0.4 is 0 Å². The molecule has 0 fully saturated rings. The molecule has 0 radical (unpaired) electrons. The highest BCUT2D eigenvalue weighted by molar-refractivity contribution is 14.1. The van der Waals surface area contributed by atoms with Gasteiger partial charge in [-0.3, -0.25) is 0 Å². The summed E-state index contributed by atoms with van der Waals surface area (Å²) in [6, 6.07) is 18.1. The Labute approximate surface area is 113 Å². The maximum atomic E-state index is 4.59. The Hall–Kier alpha value is -1.49. The van der Waals surface area contributed by atoms with E-state index in [0.717, 1.165) is 26.0 Å². The molecule has 0 aliphatic heterocycles. The molecule has 0 bridgehead atoms. The molecule has 1 aromatic heterocycles. The Morgan fingerprint density at radius 3 is 2.29 bits per heavy atom. The SMILES string of the molecule is Ic1nc(-c2ccccc2)nc2ccccc12. The van der Waals surface area contributed by atoms with Gasteiger partial charge in [-0.25, -0.2) is 9.97 Å². The lowest BCUT2D eigenvalue weighted by Crippen LogP contribution is -1.93. The number of hydrogen-bond acceptors (Lipinski definition) is 2. The second kappa shape index (κ2) is 4.41. The van der Waals surface area contributed by atoms with Crippen LogP contribution in [0.15, 0.2) is 54.6 Å². The van der Waals surface area contributed by atoms with Crippen molar-refractivity contribution < 1.29 is 0 Å². The number of nitrogens with zero attached hydrogens (tertiary/aromatic N) is 2. The summed E-state index contributed by atoms with van der Waals surface area (Å²) in [6.07, 6.45) is 0. The zero-order valence-corrected chi connectivity index (χ0v) is 11.1. The molecule has 3 heteroatoms. The Morgan fingerprint density at radius 2 is 1.47 bits per heavy atom. The number of rotatable bonds is 1. The van der Waals surface area contributed by atoms with Crippen molar-refractivity contribution in [1.29, 1.82) is 0 Å². The summed E-state index contributed by atoms with van der Waals surface area (Å²) in [4.78, 5) is 9.14. The van der Waals surface area contributed by atoms with Crippen LogP contribution in [-0.4, -0.2) is 9.97 Å². The Bertz CT molecular complexity index is 665. The number of aromatic nitrogens is 2. The maximum absolute atomic E-state index is 4.59. The van der Waals surface area contributed by atoms with Crippen LogP contribution in [0.25, 0.3) is 22.3 Å². The first kappa shape index (κ1) is 10.7. The second-order valence-electron chi connectivity index (χ2n) is 3.72. The summed E-state index contributed by atoms with van der Waals surface area (Å²) in [7, 11) is 0. The molecular formula is C14H9IN2. The van der Waals surface area contributed by atoms with Crippen molar-refractivity contribution in [1.82, 2.24) is 9.97 Å². The third-order valence-corrected chi connectivity index (χ3v) is 3.41. The fraction of sp³-hybridized carbons (Fsp3) is 0. The smallest absolute Gasteiger partial charge is 0.160 e. The molecule has 0 aliphatic rings. The van der Waals surface area contributed by atoms with Crippen LogP contribution in [0.2, 0.25) is 0 Å². The summed E-state index contributed by atoms with van der Waals surface area (Å²) in [6.45, 7) is 0. The minimum Gasteiger partial charge on any atom is -0.228 e. The van der Waals surface area contributed by atoms with Crippen molar-refractivity contribution in [3.63, 3.8) is 0 Å². The number of halogens is 1. The van der Waals surface area contributed by atoms with Crippen molar-refractivity contribution >= 4 is 33.5 Å². The van der Waals surface area contributed by atoms with Gasteiger partial charge in [-0.2, -0.15) is 0 Å². The Balaban J connectivity index is 2.26. The van der Waals surface area contributed by atoms with Crippen molar-refractivity contribution in [2.24, 2.45) is 0 Å². The van der Waals surface area contributed by atoms with E-state index in [1.807, 2.05) is 54.6 Å². The minimum atomic E-state index is 0.786. The summed E-state index contributed by atoms with van der Waals surface area (Å²) < 4.78 is 0.993. The third kappa shape index (κ3) is 2.02. The van der Waals surface area contributed by atoms with Crippen LogP contribution >= 0.6 is 22.6 Å². The molecule has 0 saturated heterocycles. The van der Waals surface area contributed by atoms with E-state index >= 15 is 0 Å². The molecule has 2 nitrogen and oxygen atoms in total. The fourth-order valence-corrected chi connectivity index (χ4v) is 2.44. The van der Waals surface area contributed by atoms with E-state index in [2.05, 4.69) is 32.6 Å². The van der Waals surface area contributed by atoms with E-state index in [0.29, 0.717) is 0 Å². The number of para-hydroxylation sites is 1. The largest absolute Gasteiger partial charge is 0.228 e. The number of benzene rings is 2. The first-order valence-electron chi connectivity index (χ1n) is 5.32. The predicted octanol–water partition coefficient (Wildman–Crippen LogP) is 3.90. The lowest BCUT2D eigenvalue weighted by molar-refractivity contribution is 1.20. The summed E-state index contributed by atoms with van der Waals surface area (Å²) in [5.41, 5.74) is 2.04. The molecule has 0 spiro atoms. The van der Waals surface area contributed by atoms with Crippen LogP contribution in [0.5, 0.6) is 0 Å². The van der Waals surface area contributed by atoms with Gasteiger partial charge in [-0.1, -0.05) is 48.5 Å². The van der Waals surface area contributed by atoms with Gasteiger partial charge in [0, 0.05) is 10.9 Å². The van der Waals surface area contributed by atoms with Gasteiger partial charge in [0.05, 0.1) is 5.52 Å². The van der Waals surface area contributed by atoms with Crippen LogP contribution in [0.3, 0.4) is 0 Å². The molecule has 0 saturated carbocycles. The van der Waals surface area contributed by atoms with Crippen LogP contribution in [0.4, 0.5) is 0 Å². The molecule has 82 valence electrons. The topological polar surface area (TPSA) is 25.8 Å². The van der Waals surface area contributed by atoms with E-state index in [1.54, 1.807) is 0 Å². The highest BCUT2D eigenvalue weighted by atomic mass is 127. The van der Waals surface area contributed by atoms with Crippen molar-refractivity contribution in [2.45, 2.75) is 0 Å². The van der Waals surface area contributed by atoms with Crippen molar-refractivity contribution in [3.8, 4) is 11.4 Å². The predicted molar refractivity (Wildman–Crippen MR) is 77.7 cm³/mol. The molecule has 0 amide bonds. The lowest BCUT2D eigenvalue weighted by atomic mass is 10.2. The van der Waals surface area contributed by atoms with Gasteiger partial charge >= 0.3 is 0 Å². The molecule has 0 unspecified atom stereocenters. The van der Waals surface area contributed by atoms with E-state index in [-0.39, 0.29) is 0 Å². The van der Waals surface area contributed by atoms with Crippen molar-refractivity contribution in [2.75, 3.05) is 0 Å². The van der Waals surface area contributed by atoms with E-state index in [4.69, 9.17) is 0 Å². The van der Waals surface area contributed by atoms with Gasteiger partial charge in [-0.15, -0.1) is 0 Å². The van der Waals surface area contributed by atoms with Gasteiger partial charge < -0.3 is 0 Å². The zero-order chi connectivity index (χ0) is 11.7. The van der Waals surface area contributed by atoms with Gasteiger partial charge in [-0.05, 0) is 28.7 Å². The van der Waals surface area contributed by atoms with Crippen LogP contribution in [0.1, 0.15) is 0 Å². The molecule has 3 rings (SSSR count). The quantitative estimate of drug-likeness (QED) is 0.499. The minimum absolute atomic E-state index is 0.786. The standard InChI is InChI=1S/C14H9IN2/c15-13-11-8-4-5-9-12(11)16-14(17-13)10-6-2-1-3-7-10/h1-9H.